The highest BCUT2D eigenvalue weighted by Crippen LogP contribution is 2.29. The van der Waals surface area contributed by atoms with E-state index >= 15 is 0 Å². The number of benzene rings is 1. The Kier molecular flexibility index (Phi) is 2.95. The normalized spacial score (nSPS) is 10.8. The lowest BCUT2D eigenvalue weighted by molar-refractivity contribution is 0.0699. The first kappa shape index (κ1) is 12.3. The van der Waals surface area contributed by atoms with Crippen molar-refractivity contribution >= 4 is 22.7 Å². The number of hydrogen-bond acceptors (Lipinski definition) is 2. The number of fused-ring (bicyclic) bond motifs is 1. The third-order valence-electron chi connectivity index (χ3n) is 3.36. The van der Waals surface area contributed by atoms with Gasteiger partial charge in [0.1, 0.15) is 11.4 Å². The van der Waals surface area contributed by atoms with Crippen LogP contribution in [0.1, 0.15) is 15.9 Å². The molecule has 0 fully saturated rings. The average Bonchev–Trinajstić information content (AvgIpc) is 3.04. The van der Waals surface area contributed by atoms with Gasteiger partial charge in [-0.25, -0.2) is 4.79 Å². The minimum Gasteiger partial charge on any atom is -0.478 e. The molecule has 3 rings (SSSR count). The molecule has 0 saturated heterocycles. The van der Waals surface area contributed by atoms with E-state index in [2.05, 4.69) is 9.97 Å². The number of aromatic carboxylic acids is 1. The van der Waals surface area contributed by atoms with Crippen molar-refractivity contribution in [2.24, 2.45) is 0 Å². The third-order valence-corrected chi connectivity index (χ3v) is 3.36. The molecule has 102 valence electrons. The summed E-state index contributed by atoms with van der Waals surface area (Å²) in [6.45, 7) is 0.636. The van der Waals surface area contributed by atoms with Crippen LogP contribution >= 0.6 is 0 Å². The molecular weight excluding hydrogens is 254 g/mol. The predicted octanol–water partition coefficient (Wildman–Crippen LogP) is 2.83. The third kappa shape index (κ3) is 2.03. The second-order valence-electron chi connectivity index (χ2n) is 4.77. The van der Waals surface area contributed by atoms with Crippen molar-refractivity contribution in [3.63, 3.8) is 0 Å². The number of aromatic amines is 2. The number of anilines is 1. The van der Waals surface area contributed by atoms with Gasteiger partial charge in [0.05, 0.1) is 0 Å². The zero-order valence-corrected chi connectivity index (χ0v) is 11.1. The first-order chi connectivity index (χ1) is 9.66. The number of hydrogen-bond donors (Lipinski definition) is 3. The van der Waals surface area contributed by atoms with Crippen LogP contribution in [0.2, 0.25) is 0 Å². The molecule has 0 bridgehead atoms. The standard InChI is InChI=1S/C15H15N3O2/c1-18(9-10-6-7-16-8-10)14-13(15(19)20)11-4-2-3-5-12(11)17-14/h2-8,16-17H,9H2,1H3,(H,19,20). The molecule has 0 amide bonds. The molecule has 5 heteroatoms. The highest BCUT2D eigenvalue weighted by atomic mass is 16.4. The predicted molar refractivity (Wildman–Crippen MR) is 78.2 cm³/mol. The Hall–Kier alpha value is -2.69. The topological polar surface area (TPSA) is 72.1 Å². The molecule has 0 spiro atoms. The molecule has 3 N–H and O–H groups in total. The van der Waals surface area contributed by atoms with Gasteiger partial charge in [0.15, 0.2) is 0 Å². The van der Waals surface area contributed by atoms with Crippen LogP contribution < -0.4 is 4.90 Å². The largest absolute Gasteiger partial charge is 0.478 e. The Morgan fingerprint density at radius 3 is 2.80 bits per heavy atom. The number of nitrogens with zero attached hydrogens (tertiary/aromatic N) is 1. The molecule has 3 aromatic rings. The number of rotatable bonds is 4. The molecule has 1 aromatic carbocycles. The number of carbonyl (C=O) groups is 1. The van der Waals surface area contributed by atoms with E-state index < -0.39 is 5.97 Å². The summed E-state index contributed by atoms with van der Waals surface area (Å²) in [5.74, 6) is -0.293. The van der Waals surface area contributed by atoms with E-state index in [0.29, 0.717) is 17.9 Å². The molecule has 5 nitrogen and oxygen atoms in total. The first-order valence-corrected chi connectivity index (χ1v) is 6.33. The molecule has 0 radical (unpaired) electrons. The van der Waals surface area contributed by atoms with Crippen molar-refractivity contribution in [2.45, 2.75) is 6.54 Å². The summed E-state index contributed by atoms with van der Waals surface area (Å²) in [6.07, 6.45) is 3.76. The zero-order chi connectivity index (χ0) is 14.1. The van der Waals surface area contributed by atoms with E-state index in [4.69, 9.17) is 0 Å². The monoisotopic (exact) mass is 269 g/mol. The summed E-state index contributed by atoms with van der Waals surface area (Å²) in [6, 6.07) is 9.41. The molecule has 0 atom stereocenters. The van der Waals surface area contributed by atoms with Gasteiger partial charge in [-0.05, 0) is 17.7 Å². The molecule has 2 aromatic heterocycles. The fourth-order valence-electron chi connectivity index (χ4n) is 2.44. The lowest BCUT2D eigenvalue weighted by Crippen LogP contribution is -2.19. The molecule has 0 unspecified atom stereocenters. The van der Waals surface area contributed by atoms with Crippen molar-refractivity contribution in [1.29, 1.82) is 0 Å². The molecule has 0 aliphatic carbocycles. The number of H-pyrrole nitrogens is 2. The molecule has 20 heavy (non-hydrogen) atoms. The summed E-state index contributed by atoms with van der Waals surface area (Å²) in [5.41, 5.74) is 2.25. The average molecular weight is 269 g/mol. The molecule has 0 aliphatic heterocycles. The maximum absolute atomic E-state index is 11.6. The minimum absolute atomic E-state index is 0.318. The van der Waals surface area contributed by atoms with Gasteiger partial charge in [0, 0.05) is 36.9 Å². The number of carboxylic acid groups (broad SMARTS) is 1. The van der Waals surface area contributed by atoms with Crippen molar-refractivity contribution in [3.8, 4) is 0 Å². The molecular formula is C15H15N3O2. The summed E-state index contributed by atoms with van der Waals surface area (Å²) in [7, 11) is 1.88. The van der Waals surface area contributed by atoms with Crippen molar-refractivity contribution in [1.82, 2.24) is 9.97 Å². The van der Waals surface area contributed by atoms with Gasteiger partial charge < -0.3 is 20.0 Å². The lowest BCUT2D eigenvalue weighted by Gasteiger charge is -2.17. The SMILES string of the molecule is CN(Cc1cc[nH]c1)c1[nH]c2ccccc2c1C(=O)O. The maximum Gasteiger partial charge on any atom is 0.340 e. The maximum atomic E-state index is 11.6. The zero-order valence-electron chi connectivity index (χ0n) is 11.1. The van der Waals surface area contributed by atoms with E-state index in [-0.39, 0.29) is 0 Å². The van der Waals surface area contributed by atoms with Crippen LogP contribution in [0.4, 0.5) is 5.82 Å². The van der Waals surface area contributed by atoms with Gasteiger partial charge in [-0.15, -0.1) is 0 Å². The Morgan fingerprint density at radius 1 is 1.30 bits per heavy atom. The second-order valence-corrected chi connectivity index (χ2v) is 4.77. The van der Waals surface area contributed by atoms with Gasteiger partial charge in [0.2, 0.25) is 0 Å². The highest BCUT2D eigenvalue weighted by Gasteiger charge is 2.20. The van der Waals surface area contributed by atoms with Crippen LogP contribution in [0.5, 0.6) is 0 Å². The van der Waals surface area contributed by atoms with Crippen molar-refractivity contribution in [2.75, 3.05) is 11.9 Å². The second kappa shape index (κ2) is 4.77. The first-order valence-electron chi connectivity index (χ1n) is 6.33. The van der Waals surface area contributed by atoms with E-state index in [1.165, 1.54) is 0 Å². The summed E-state index contributed by atoms with van der Waals surface area (Å²) in [5, 5.41) is 10.2. The van der Waals surface area contributed by atoms with E-state index in [1.54, 1.807) is 0 Å². The molecule has 2 heterocycles. The fourth-order valence-corrected chi connectivity index (χ4v) is 2.44. The Balaban J connectivity index is 2.06. The number of nitrogens with one attached hydrogen (secondary N) is 2. The van der Waals surface area contributed by atoms with Gasteiger partial charge in [-0.1, -0.05) is 18.2 Å². The van der Waals surface area contributed by atoms with Gasteiger partial charge in [-0.3, -0.25) is 0 Å². The van der Waals surface area contributed by atoms with E-state index in [9.17, 15) is 9.90 Å². The van der Waals surface area contributed by atoms with Gasteiger partial charge in [0.25, 0.3) is 0 Å². The summed E-state index contributed by atoms with van der Waals surface area (Å²) < 4.78 is 0. The van der Waals surface area contributed by atoms with Gasteiger partial charge in [-0.2, -0.15) is 0 Å². The fraction of sp³-hybridized carbons (Fsp3) is 0.133. The Morgan fingerprint density at radius 2 is 2.10 bits per heavy atom. The smallest absolute Gasteiger partial charge is 0.340 e. The lowest BCUT2D eigenvalue weighted by atomic mass is 10.1. The summed E-state index contributed by atoms with van der Waals surface area (Å²) >= 11 is 0. The van der Waals surface area contributed by atoms with Crippen LogP contribution in [-0.4, -0.2) is 28.1 Å². The Labute approximate surface area is 115 Å². The van der Waals surface area contributed by atoms with E-state index in [1.807, 2.05) is 54.7 Å². The highest BCUT2D eigenvalue weighted by molar-refractivity contribution is 6.08. The van der Waals surface area contributed by atoms with Crippen LogP contribution in [-0.2, 0) is 6.54 Å². The van der Waals surface area contributed by atoms with Crippen molar-refractivity contribution in [3.05, 3.63) is 53.9 Å². The van der Waals surface area contributed by atoms with Crippen molar-refractivity contribution < 1.29 is 9.90 Å². The van der Waals surface area contributed by atoms with Crippen LogP contribution in [0.25, 0.3) is 10.9 Å². The number of carboxylic acids is 1. The van der Waals surface area contributed by atoms with Gasteiger partial charge >= 0.3 is 5.97 Å². The quantitative estimate of drug-likeness (QED) is 0.682. The molecule has 0 aliphatic rings. The van der Waals surface area contributed by atoms with Crippen LogP contribution in [0, 0.1) is 0 Å². The summed E-state index contributed by atoms with van der Waals surface area (Å²) in [4.78, 5) is 19.7. The Bertz CT molecular complexity index is 744. The molecule has 0 saturated carbocycles. The minimum atomic E-state index is -0.918. The van der Waals surface area contributed by atoms with E-state index in [0.717, 1.165) is 16.5 Å². The van der Waals surface area contributed by atoms with Crippen LogP contribution in [0.15, 0.2) is 42.7 Å². The number of para-hydroxylation sites is 1. The number of aromatic nitrogens is 2. The van der Waals surface area contributed by atoms with Crippen LogP contribution in [0.3, 0.4) is 0 Å².